The van der Waals surface area contributed by atoms with E-state index in [-0.39, 0.29) is 18.1 Å². The fourth-order valence-corrected chi connectivity index (χ4v) is 2.56. The van der Waals surface area contributed by atoms with Gasteiger partial charge in [-0.2, -0.15) is 0 Å². The van der Waals surface area contributed by atoms with Crippen molar-refractivity contribution >= 4 is 5.91 Å². The predicted molar refractivity (Wildman–Crippen MR) is 68.5 cm³/mol. The van der Waals surface area contributed by atoms with Crippen LogP contribution in [0.5, 0.6) is 0 Å². The molecule has 1 fully saturated rings. The molecule has 1 N–H and O–H groups in total. The molecule has 2 unspecified atom stereocenters. The SMILES string of the molecule is Cc1cc(C(=O)N2CCCC2CC(C)O)oc1C. The van der Waals surface area contributed by atoms with Crippen LogP contribution in [-0.4, -0.2) is 34.6 Å². The molecule has 18 heavy (non-hydrogen) atoms. The van der Waals surface area contributed by atoms with Gasteiger partial charge in [-0.05, 0) is 51.7 Å². The Balaban J connectivity index is 2.12. The zero-order chi connectivity index (χ0) is 13.3. The number of hydrogen-bond acceptors (Lipinski definition) is 3. The Morgan fingerprint density at radius 2 is 2.33 bits per heavy atom. The first-order valence-electron chi connectivity index (χ1n) is 6.55. The topological polar surface area (TPSA) is 53.7 Å². The van der Waals surface area contributed by atoms with E-state index >= 15 is 0 Å². The van der Waals surface area contributed by atoms with Gasteiger partial charge in [0.25, 0.3) is 5.91 Å². The second-order valence-electron chi connectivity index (χ2n) is 5.23. The van der Waals surface area contributed by atoms with E-state index in [2.05, 4.69) is 0 Å². The summed E-state index contributed by atoms with van der Waals surface area (Å²) in [6.45, 7) is 6.33. The smallest absolute Gasteiger partial charge is 0.289 e. The third kappa shape index (κ3) is 2.58. The summed E-state index contributed by atoms with van der Waals surface area (Å²) in [5.74, 6) is 1.17. The molecule has 100 valence electrons. The molecule has 4 nitrogen and oxygen atoms in total. The third-order valence-corrected chi connectivity index (χ3v) is 3.63. The molecule has 4 heteroatoms. The summed E-state index contributed by atoms with van der Waals surface area (Å²) < 4.78 is 5.49. The maximum absolute atomic E-state index is 12.4. The van der Waals surface area contributed by atoms with Gasteiger partial charge < -0.3 is 14.4 Å². The van der Waals surface area contributed by atoms with E-state index in [9.17, 15) is 9.90 Å². The van der Waals surface area contributed by atoms with Crippen LogP contribution in [0.15, 0.2) is 10.5 Å². The normalized spacial score (nSPS) is 21.3. The van der Waals surface area contributed by atoms with E-state index < -0.39 is 0 Å². The van der Waals surface area contributed by atoms with Gasteiger partial charge in [0.2, 0.25) is 0 Å². The molecule has 0 saturated carbocycles. The Bertz CT molecular complexity index is 417. The molecule has 2 heterocycles. The lowest BCUT2D eigenvalue weighted by Gasteiger charge is -2.24. The van der Waals surface area contributed by atoms with Crippen molar-refractivity contribution in [3.05, 3.63) is 23.2 Å². The van der Waals surface area contributed by atoms with Gasteiger partial charge in [0.1, 0.15) is 5.76 Å². The van der Waals surface area contributed by atoms with Crippen LogP contribution in [0.2, 0.25) is 0 Å². The summed E-state index contributed by atoms with van der Waals surface area (Å²) in [6.07, 6.45) is 2.24. The molecule has 2 atom stereocenters. The highest BCUT2D eigenvalue weighted by atomic mass is 16.4. The van der Waals surface area contributed by atoms with Crippen LogP contribution in [0.1, 0.15) is 48.1 Å². The molecule has 1 aliphatic heterocycles. The van der Waals surface area contributed by atoms with Crippen molar-refractivity contribution in [1.82, 2.24) is 4.90 Å². The fourth-order valence-electron chi connectivity index (χ4n) is 2.56. The molecule has 1 aliphatic rings. The van der Waals surface area contributed by atoms with Gasteiger partial charge in [0.15, 0.2) is 5.76 Å². The lowest BCUT2D eigenvalue weighted by Crippen LogP contribution is -2.37. The van der Waals surface area contributed by atoms with E-state index in [1.807, 2.05) is 18.7 Å². The molecule has 1 amide bonds. The number of hydrogen-bond donors (Lipinski definition) is 1. The number of aliphatic hydroxyl groups excluding tert-OH is 1. The number of furan rings is 1. The largest absolute Gasteiger partial charge is 0.456 e. The number of aryl methyl sites for hydroxylation is 2. The Labute approximate surface area is 108 Å². The lowest BCUT2D eigenvalue weighted by atomic mass is 10.1. The zero-order valence-corrected chi connectivity index (χ0v) is 11.3. The van der Waals surface area contributed by atoms with Gasteiger partial charge in [0.05, 0.1) is 6.10 Å². The van der Waals surface area contributed by atoms with Gasteiger partial charge in [-0.15, -0.1) is 0 Å². The average molecular weight is 251 g/mol. The molecule has 1 aromatic heterocycles. The van der Waals surface area contributed by atoms with Gasteiger partial charge in [0, 0.05) is 12.6 Å². The van der Waals surface area contributed by atoms with E-state index in [4.69, 9.17) is 4.42 Å². The molecule has 0 radical (unpaired) electrons. The van der Waals surface area contributed by atoms with Crippen LogP contribution in [-0.2, 0) is 0 Å². The number of rotatable bonds is 3. The van der Waals surface area contributed by atoms with Gasteiger partial charge >= 0.3 is 0 Å². The van der Waals surface area contributed by atoms with E-state index in [1.165, 1.54) is 0 Å². The first-order chi connectivity index (χ1) is 8.49. The molecular formula is C14H21NO3. The number of likely N-dealkylation sites (tertiary alicyclic amines) is 1. The van der Waals surface area contributed by atoms with Gasteiger partial charge in [-0.3, -0.25) is 4.79 Å². The molecule has 0 aromatic carbocycles. The highest BCUT2D eigenvalue weighted by Crippen LogP contribution is 2.25. The maximum Gasteiger partial charge on any atom is 0.289 e. The molecule has 2 rings (SSSR count). The molecule has 0 spiro atoms. The minimum absolute atomic E-state index is 0.0469. The number of carbonyl (C=O) groups excluding carboxylic acids is 1. The lowest BCUT2D eigenvalue weighted by molar-refractivity contribution is 0.0649. The highest BCUT2D eigenvalue weighted by molar-refractivity contribution is 5.92. The highest BCUT2D eigenvalue weighted by Gasteiger charge is 2.31. The second-order valence-corrected chi connectivity index (χ2v) is 5.23. The first-order valence-corrected chi connectivity index (χ1v) is 6.55. The molecule has 0 aliphatic carbocycles. The van der Waals surface area contributed by atoms with Crippen LogP contribution >= 0.6 is 0 Å². The van der Waals surface area contributed by atoms with Crippen molar-refractivity contribution in [1.29, 1.82) is 0 Å². The van der Waals surface area contributed by atoms with Crippen LogP contribution in [0.4, 0.5) is 0 Å². The summed E-state index contributed by atoms with van der Waals surface area (Å²) in [5, 5.41) is 9.47. The quantitative estimate of drug-likeness (QED) is 0.896. The fraction of sp³-hybridized carbons (Fsp3) is 0.643. The zero-order valence-electron chi connectivity index (χ0n) is 11.3. The Morgan fingerprint density at radius 3 is 2.89 bits per heavy atom. The van der Waals surface area contributed by atoms with Crippen molar-refractivity contribution in [2.75, 3.05) is 6.54 Å². The number of amides is 1. The number of aliphatic hydroxyl groups is 1. The predicted octanol–water partition coefficient (Wildman–Crippen LogP) is 2.27. The molecule has 1 saturated heterocycles. The Hall–Kier alpha value is -1.29. The van der Waals surface area contributed by atoms with Gasteiger partial charge in [-0.25, -0.2) is 0 Å². The standard InChI is InChI=1S/C14H21NO3/c1-9-7-13(18-11(9)3)14(17)15-6-4-5-12(15)8-10(2)16/h7,10,12,16H,4-6,8H2,1-3H3. The van der Waals surface area contributed by atoms with Crippen molar-refractivity contribution in [3.63, 3.8) is 0 Å². The van der Waals surface area contributed by atoms with Crippen molar-refractivity contribution in [3.8, 4) is 0 Å². The minimum Gasteiger partial charge on any atom is -0.456 e. The van der Waals surface area contributed by atoms with Crippen LogP contribution in [0, 0.1) is 13.8 Å². The monoisotopic (exact) mass is 251 g/mol. The number of nitrogens with zero attached hydrogens (tertiary/aromatic N) is 1. The van der Waals surface area contributed by atoms with Gasteiger partial charge in [-0.1, -0.05) is 0 Å². The number of carbonyl (C=O) groups is 1. The Kier molecular flexibility index (Phi) is 3.76. The van der Waals surface area contributed by atoms with Crippen LogP contribution in [0.25, 0.3) is 0 Å². The van der Waals surface area contributed by atoms with Crippen LogP contribution in [0.3, 0.4) is 0 Å². The van der Waals surface area contributed by atoms with Crippen molar-refractivity contribution < 1.29 is 14.3 Å². The maximum atomic E-state index is 12.4. The third-order valence-electron chi connectivity index (χ3n) is 3.63. The summed E-state index contributed by atoms with van der Waals surface area (Å²) in [5.41, 5.74) is 1.00. The summed E-state index contributed by atoms with van der Waals surface area (Å²) >= 11 is 0. The summed E-state index contributed by atoms with van der Waals surface area (Å²) in [4.78, 5) is 14.2. The molecular weight excluding hydrogens is 230 g/mol. The van der Waals surface area contributed by atoms with E-state index in [1.54, 1.807) is 13.0 Å². The summed E-state index contributed by atoms with van der Waals surface area (Å²) in [6, 6.07) is 1.94. The minimum atomic E-state index is -0.372. The van der Waals surface area contributed by atoms with Crippen molar-refractivity contribution in [2.45, 2.75) is 52.2 Å². The van der Waals surface area contributed by atoms with Crippen molar-refractivity contribution in [2.24, 2.45) is 0 Å². The first kappa shape index (κ1) is 13.1. The average Bonchev–Trinajstić information content (AvgIpc) is 2.85. The van der Waals surface area contributed by atoms with E-state index in [0.29, 0.717) is 12.2 Å². The Morgan fingerprint density at radius 1 is 1.61 bits per heavy atom. The van der Waals surface area contributed by atoms with E-state index in [0.717, 1.165) is 30.7 Å². The molecule has 0 bridgehead atoms. The summed E-state index contributed by atoms with van der Waals surface area (Å²) in [7, 11) is 0. The van der Waals surface area contributed by atoms with Crippen LogP contribution < -0.4 is 0 Å². The molecule has 1 aromatic rings. The second kappa shape index (κ2) is 5.14.